The Balaban J connectivity index is 2.67. The third-order valence-electron chi connectivity index (χ3n) is 1.02. The monoisotopic (exact) mass is 133 g/mol. The first kappa shape index (κ1) is 6.87. The van der Waals surface area contributed by atoms with Gasteiger partial charge in [0.15, 0.2) is 0 Å². The van der Waals surface area contributed by atoms with E-state index in [-0.39, 0.29) is 0 Å². The molecule has 1 aromatic carbocycles. The lowest BCUT2D eigenvalue weighted by molar-refractivity contribution is 0.428. The molecule has 0 aliphatic rings. The molecular weight excluding hydrogens is 124 g/mol. The second-order valence-electron chi connectivity index (χ2n) is 2.03. The lowest BCUT2D eigenvalue weighted by Gasteiger charge is -2.01. The van der Waals surface area contributed by atoms with E-state index in [9.17, 15) is 0 Å². The van der Waals surface area contributed by atoms with Crippen LogP contribution in [0.5, 0.6) is 5.75 Å². The molecule has 0 bridgehead atoms. The summed E-state index contributed by atoms with van der Waals surface area (Å²) in [4.78, 5) is 0. The van der Waals surface area contributed by atoms with Gasteiger partial charge < -0.3 is 4.74 Å². The van der Waals surface area contributed by atoms with E-state index in [1.54, 1.807) is 6.92 Å². The van der Waals surface area contributed by atoms with Crippen LogP contribution in [0.3, 0.4) is 0 Å². The average Bonchev–Trinajstić information content (AvgIpc) is 1.88. The molecular formula is C9H9O. The van der Waals surface area contributed by atoms with Crippen molar-refractivity contribution in [3.63, 3.8) is 0 Å². The molecule has 10 heavy (non-hydrogen) atoms. The fraction of sp³-hybridized carbons (Fsp3) is 0.111. The summed E-state index contributed by atoms with van der Waals surface area (Å²) in [5, 5.41) is 0. The van der Waals surface area contributed by atoms with Crippen LogP contribution in [0.15, 0.2) is 36.1 Å². The second-order valence-corrected chi connectivity index (χ2v) is 2.03. The van der Waals surface area contributed by atoms with Gasteiger partial charge >= 0.3 is 0 Å². The third kappa shape index (κ3) is 1.94. The van der Waals surface area contributed by atoms with Gasteiger partial charge in [-0.1, -0.05) is 18.2 Å². The van der Waals surface area contributed by atoms with Gasteiger partial charge in [0.1, 0.15) is 11.5 Å². The number of benzene rings is 1. The van der Waals surface area contributed by atoms with Crippen molar-refractivity contribution in [2.45, 2.75) is 6.92 Å². The molecule has 0 atom stereocenters. The van der Waals surface area contributed by atoms with E-state index < -0.39 is 0 Å². The highest BCUT2D eigenvalue weighted by Crippen LogP contribution is 2.10. The van der Waals surface area contributed by atoms with E-state index in [2.05, 4.69) is 0 Å². The summed E-state index contributed by atoms with van der Waals surface area (Å²) in [6.07, 6.45) is 0. The minimum absolute atomic E-state index is 0.464. The number of allylic oxidation sites excluding steroid dienone is 1. The average molecular weight is 133 g/mol. The Morgan fingerprint density at radius 3 is 2.40 bits per heavy atom. The molecule has 1 aromatic rings. The zero-order valence-electron chi connectivity index (χ0n) is 5.87. The van der Waals surface area contributed by atoms with Gasteiger partial charge in [0.05, 0.1) is 0 Å². The van der Waals surface area contributed by atoms with Crippen LogP contribution in [0.25, 0.3) is 0 Å². The fourth-order valence-electron chi connectivity index (χ4n) is 0.674. The maximum absolute atomic E-state index is 5.32. The first-order valence-electron chi connectivity index (χ1n) is 3.11. The van der Waals surface area contributed by atoms with Crippen molar-refractivity contribution in [1.29, 1.82) is 0 Å². The van der Waals surface area contributed by atoms with Crippen LogP contribution in [-0.4, -0.2) is 0 Å². The van der Waals surface area contributed by atoms with Gasteiger partial charge in [-0.3, -0.25) is 0 Å². The molecule has 0 heterocycles. The van der Waals surface area contributed by atoms with Crippen LogP contribution in [0.4, 0.5) is 0 Å². The molecule has 1 heteroatoms. The molecule has 1 nitrogen and oxygen atoms in total. The maximum Gasteiger partial charge on any atom is 0.126 e. The normalized spacial score (nSPS) is 8.90. The van der Waals surface area contributed by atoms with E-state index in [4.69, 9.17) is 11.3 Å². The molecule has 1 radical (unpaired) electrons. The van der Waals surface area contributed by atoms with Crippen LogP contribution in [0.1, 0.15) is 6.92 Å². The van der Waals surface area contributed by atoms with Crippen molar-refractivity contribution >= 4 is 0 Å². The molecule has 0 fully saturated rings. The SMILES string of the molecule is [CH]=C(C)Oc1ccccc1. The predicted molar refractivity (Wildman–Crippen MR) is 40.6 cm³/mol. The van der Waals surface area contributed by atoms with Crippen molar-refractivity contribution in [2.24, 2.45) is 0 Å². The Morgan fingerprint density at radius 2 is 1.90 bits per heavy atom. The molecule has 0 amide bonds. The quantitative estimate of drug-likeness (QED) is 0.563. The molecule has 51 valence electrons. The molecule has 0 aliphatic carbocycles. The van der Waals surface area contributed by atoms with Gasteiger partial charge in [0, 0.05) is 0 Å². The van der Waals surface area contributed by atoms with Crippen molar-refractivity contribution in [3.8, 4) is 5.75 Å². The zero-order chi connectivity index (χ0) is 7.40. The summed E-state index contributed by atoms with van der Waals surface area (Å²) in [5.41, 5.74) is 0. The summed E-state index contributed by atoms with van der Waals surface area (Å²) in [6, 6.07) is 9.45. The van der Waals surface area contributed by atoms with Gasteiger partial charge in [-0.05, 0) is 25.6 Å². The van der Waals surface area contributed by atoms with Crippen LogP contribution in [-0.2, 0) is 0 Å². The Hall–Kier alpha value is -1.24. The number of rotatable bonds is 2. The molecule has 0 N–H and O–H groups in total. The summed E-state index contributed by atoms with van der Waals surface area (Å²) in [7, 11) is 0. The van der Waals surface area contributed by atoms with E-state index in [1.165, 1.54) is 0 Å². The summed E-state index contributed by atoms with van der Waals surface area (Å²) >= 11 is 0. The minimum Gasteiger partial charge on any atom is -0.462 e. The lowest BCUT2D eigenvalue weighted by atomic mass is 10.3. The highest BCUT2D eigenvalue weighted by Gasteiger charge is 1.88. The van der Waals surface area contributed by atoms with Gasteiger partial charge in [-0.15, -0.1) is 0 Å². The van der Waals surface area contributed by atoms with Crippen LogP contribution >= 0.6 is 0 Å². The largest absolute Gasteiger partial charge is 0.462 e. The maximum atomic E-state index is 5.32. The van der Waals surface area contributed by atoms with Crippen LogP contribution in [0, 0.1) is 6.58 Å². The van der Waals surface area contributed by atoms with Crippen molar-refractivity contribution in [2.75, 3.05) is 0 Å². The number of ether oxygens (including phenoxy) is 1. The molecule has 0 saturated heterocycles. The zero-order valence-corrected chi connectivity index (χ0v) is 5.87. The molecule has 0 saturated carbocycles. The van der Waals surface area contributed by atoms with Gasteiger partial charge in [-0.25, -0.2) is 0 Å². The first-order chi connectivity index (χ1) is 4.79. The highest BCUT2D eigenvalue weighted by molar-refractivity contribution is 5.22. The molecule has 0 aromatic heterocycles. The van der Waals surface area contributed by atoms with E-state index in [1.807, 2.05) is 30.3 Å². The molecule has 0 unspecified atom stereocenters. The standard InChI is InChI=1S/C9H9O/c1-8(2)10-9-6-4-3-5-7-9/h1,3-7H,2H3. The van der Waals surface area contributed by atoms with Gasteiger partial charge in [0.2, 0.25) is 0 Å². The minimum atomic E-state index is 0.464. The van der Waals surface area contributed by atoms with Gasteiger partial charge in [-0.2, -0.15) is 0 Å². The smallest absolute Gasteiger partial charge is 0.126 e. The summed E-state index contributed by atoms with van der Waals surface area (Å²) in [6.45, 7) is 7.03. The number of hydrogen-bond donors (Lipinski definition) is 0. The highest BCUT2D eigenvalue weighted by atomic mass is 16.5. The molecule has 0 aliphatic heterocycles. The Bertz CT molecular complexity index is 213. The third-order valence-corrected chi connectivity index (χ3v) is 1.02. The number of para-hydroxylation sites is 1. The van der Waals surface area contributed by atoms with E-state index in [0.717, 1.165) is 5.75 Å². The van der Waals surface area contributed by atoms with Crippen LogP contribution < -0.4 is 4.74 Å². The van der Waals surface area contributed by atoms with E-state index >= 15 is 0 Å². The molecule has 0 spiro atoms. The Kier molecular flexibility index (Phi) is 2.11. The second kappa shape index (κ2) is 3.06. The lowest BCUT2D eigenvalue weighted by Crippen LogP contribution is -1.86. The van der Waals surface area contributed by atoms with E-state index in [0.29, 0.717) is 5.76 Å². The van der Waals surface area contributed by atoms with Crippen molar-refractivity contribution in [3.05, 3.63) is 42.7 Å². The summed E-state index contributed by atoms with van der Waals surface area (Å²) in [5.74, 6) is 1.24. The topological polar surface area (TPSA) is 9.23 Å². The van der Waals surface area contributed by atoms with Gasteiger partial charge in [0.25, 0.3) is 0 Å². The Morgan fingerprint density at radius 1 is 1.30 bits per heavy atom. The first-order valence-corrected chi connectivity index (χ1v) is 3.11. The molecule has 1 rings (SSSR count). The predicted octanol–water partition coefficient (Wildman–Crippen LogP) is 2.40. The Labute approximate surface area is 61.0 Å². The van der Waals surface area contributed by atoms with Crippen LogP contribution in [0.2, 0.25) is 0 Å². The van der Waals surface area contributed by atoms with Crippen molar-refractivity contribution < 1.29 is 4.74 Å². The number of hydrogen-bond acceptors (Lipinski definition) is 1. The fourth-order valence-corrected chi connectivity index (χ4v) is 0.674. The van der Waals surface area contributed by atoms with Crippen molar-refractivity contribution in [1.82, 2.24) is 0 Å². The summed E-state index contributed by atoms with van der Waals surface area (Å²) < 4.78 is 5.11.